The molecule has 0 radical (unpaired) electrons. The van der Waals surface area contributed by atoms with Crippen LogP contribution in [-0.2, 0) is 6.54 Å². The van der Waals surface area contributed by atoms with E-state index in [1.54, 1.807) is 5.38 Å². The van der Waals surface area contributed by atoms with Gasteiger partial charge in [-0.15, -0.1) is 11.3 Å². The van der Waals surface area contributed by atoms with E-state index >= 15 is 0 Å². The molecule has 1 unspecified atom stereocenters. The fourth-order valence-electron chi connectivity index (χ4n) is 3.07. The molecular weight excluding hydrogens is 334 g/mol. The fraction of sp³-hybridized carbons (Fsp3) is 0.444. The topological polar surface area (TPSA) is 74.5 Å². The van der Waals surface area contributed by atoms with Crippen molar-refractivity contribution >= 4 is 22.9 Å². The van der Waals surface area contributed by atoms with Crippen molar-refractivity contribution in [3.8, 4) is 0 Å². The number of aromatic nitrogens is 1. The molecule has 0 spiro atoms. The summed E-state index contributed by atoms with van der Waals surface area (Å²) >= 11 is 1.43. The maximum absolute atomic E-state index is 12.2. The van der Waals surface area contributed by atoms with Crippen molar-refractivity contribution < 1.29 is 4.79 Å². The Bertz CT molecular complexity index is 682. The molecule has 2 aromatic rings. The molecule has 3 N–H and O–H groups in total. The quantitative estimate of drug-likeness (QED) is 0.818. The number of nitrogens with two attached hydrogens (primary N) is 1. The van der Waals surface area contributed by atoms with E-state index in [0.717, 1.165) is 37.7 Å². The van der Waals surface area contributed by atoms with E-state index < -0.39 is 0 Å². The maximum atomic E-state index is 12.2. The van der Waals surface area contributed by atoms with Crippen molar-refractivity contribution in [2.75, 3.05) is 37.6 Å². The first-order valence-electron chi connectivity index (χ1n) is 8.63. The number of piperazine rings is 1. The maximum Gasteiger partial charge on any atom is 0.271 e. The third-order valence-corrected chi connectivity index (χ3v) is 5.23. The largest absolute Gasteiger partial charge is 0.369 e. The first kappa shape index (κ1) is 17.8. The van der Waals surface area contributed by atoms with Gasteiger partial charge in [0.2, 0.25) is 0 Å². The zero-order valence-electron chi connectivity index (χ0n) is 14.5. The summed E-state index contributed by atoms with van der Waals surface area (Å²) in [5.41, 5.74) is 7.29. The molecule has 1 saturated heterocycles. The van der Waals surface area contributed by atoms with Crippen molar-refractivity contribution in [2.24, 2.45) is 5.73 Å². The number of thiazole rings is 1. The van der Waals surface area contributed by atoms with E-state index in [2.05, 4.69) is 44.4 Å². The molecule has 1 atom stereocenters. The fourth-order valence-corrected chi connectivity index (χ4v) is 3.72. The molecule has 1 aromatic carbocycles. The number of amides is 1. The lowest BCUT2D eigenvalue weighted by atomic mass is 10.2. The third-order valence-electron chi connectivity index (χ3n) is 4.36. The van der Waals surface area contributed by atoms with Gasteiger partial charge in [0.05, 0.1) is 0 Å². The molecule has 1 aliphatic rings. The summed E-state index contributed by atoms with van der Waals surface area (Å²) in [6, 6.07) is 10.6. The van der Waals surface area contributed by atoms with Gasteiger partial charge in [-0.2, -0.15) is 0 Å². The smallest absolute Gasteiger partial charge is 0.271 e. The van der Waals surface area contributed by atoms with Crippen molar-refractivity contribution in [3.63, 3.8) is 0 Å². The second-order valence-electron chi connectivity index (χ2n) is 6.33. The van der Waals surface area contributed by atoms with E-state index in [0.29, 0.717) is 12.2 Å². The molecule has 0 bridgehead atoms. The van der Waals surface area contributed by atoms with Crippen LogP contribution < -0.4 is 16.0 Å². The summed E-state index contributed by atoms with van der Waals surface area (Å²) in [7, 11) is 0. The summed E-state index contributed by atoms with van der Waals surface area (Å²) < 4.78 is 0. The van der Waals surface area contributed by atoms with Gasteiger partial charge < -0.3 is 16.0 Å². The Morgan fingerprint density at radius 2 is 2.00 bits per heavy atom. The van der Waals surface area contributed by atoms with Gasteiger partial charge in [-0.3, -0.25) is 9.69 Å². The van der Waals surface area contributed by atoms with Crippen LogP contribution in [0.25, 0.3) is 0 Å². The average molecular weight is 359 g/mol. The molecule has 1 fully saturated rings. The number of nitrogens with zero attached hydrogens (tertiary/aromatic N) is 3. The minimum Gasteiger partial charge on any atom is -0.369 e. The number of benzene rings is 1. The number of para-hydroxylation sites is 1. The summed E-state index contributed by atoms with van der Waals surface area (Å²) in [5, 5.41) is 5.59. The number of anilines is 1. The Balaban J connectivity index is 1.44. The van der Waals surface area contributed by atoms with Gasteiger partial charge in [0, 0.05) is 56.4 Å². The van der Waals surface area contributed by atoms with Gasteiger partial charge in [-0.05, 0) is 19.1 Å². The first-order chi connectivity index (χ1) is 12.2. The van der Waals surface area contributed by atoms with Gasteiger partial charge in [0.15, 0.2) is 0 Å². The van der Waals surface area contributed by atoms with E-state index in [9.17, 15) is 4.79 Å². The van der Waals surface area contributed by atoms with Crippen LogP contribution in [-0.4, -0.2) is 54.6 Å². The van der Waals surface area contributed by atoms with Gasteiger partial charge >= 0.3 is 0 Å². The Kier molecular flexibility index (Phi) is 6.01. The highest BCUT2D eigenvalue weighted by molar-refractivity contribution is 7.09. The monoisotopic (exact) mass is 359 g/mol. The minimum absolute atomic E-state index is 0.0822. The first-order valence-corrected chi connectivity index (χ1v) is 9.51. The second kappa shape index (κ2) is 8.42. The van der Waals surface area contributed by atoms with Crippen LogP contribution in [0, 0.1) is 0 Å². The number of rotatable bonds is 6. The average Bonchev–Trinajstić information content (AvgIpc) is 3.12. The van der Waals surface area contributed by atoms with Crippen LogP contribution in [0.1, 0.15) is 22.4 Å². The molecule has 1 aromatic heterocycles. The van der Waals surface area contributed by atoms with Crippen molar-refractivity contribution in [3.05, 3.63) is 46.4 Å². The normalized spacial score (nSPS) is 16.6. The Morgan fingerprint density at radius 3 is 2.64 bits per heavy atom. The number of carbonyl (C=O) groups is 1. The van der Waals surface area contributed by atoms with E-state index in [4.69, 9.17) is 5.73 Å². The molecule has 1 amide bonds. The molecule has 1 aliphatic heterocycles. The lowest BCUT2D eigenvalue weighted by Gasteiger charge is -2.37. The van der Waals surface area contributed by atoms with Crippen LogP contribution in [0.4, 0.5) is 5.69 Å². The van der Waals surface area contributed by atoms with E-state index in [1.165, 1.54) is 17.0 Å². The van der Waals surface area contributed by atoms with Crippen LogP contribution >= 0.6 is 11.3 Å². The van der Waals surface area contributed by atoms with Gasteiger partial charge in [0.1, 0.15) is 10.7 Å². The minimum atomic E-state index is -0.119. The number of hydrogen-bond donors (Lipinski definition) is 2. The van der Waals surface area contributed by atoms with Gasteiger partial charge in [-0.1, -0.05) is 18.2 Å². The zero-order chi connectivity index (χ0) is 17.6. The molecule has 25 heavy (non-hydrogen) atoms. The summed E-state index contributed by atoms with van der Waals surface area (Å²) in [6.45, 7) is 7.29. The highest BCUT2D eigenvalue weighted by atomic mass is 32.1. The van der Waals surface area contributed by atoms with E-state index in [1.807, 2.05) is 13.0 Å². The van der Waals surface area contributed by atoms with Crippen molar-refractivity contribution in [1.82, 2.24) is 15.2 Å². The SMILES string of the molecule is CC(CN1CCN(c2ccccc2)CC1)NC(=O)c1csc(CN)n1. The second-order valence-corrected chi connectivity index (χ2v) is 7.27. The van der Waals surface area contributed by atoms with Crippen LogP contribution in [0.2, 0.25) is 0 Å². The zero-order valence-corrected chi connectivity index (χ0v) is 15.3. The Labute approximate surface area is 152 Å². The van der Waals surface area contributed by atoms with Crippen LogP contribution in [0.15, 0.2) is 35.7 Å². The highest BCUT2D eigenvalue weighted by Crippen LogP contribution is 2.15. The highest BCUT2D eigenvalue weighted by Gasteiger charge is 2.20. The number of carbonyl (C=O) groups excluding carboxylic acids is 1. The summed E-state index contributed by atoms with van der Waals surface area (Å²) in [5.74, 6) is -0.119. The predicted molar refractivity (Wildman–Crippen MR) is 102 cm³/mol. The van der Waals surface area contributed by atoms with Crippen LogP contribution in [0.3, 0.4) is 0 Å². The van der Waals surface area contributed by atoms with Crippen LogP contribution in [0.5, 0.6) is 0 Å². The molecule has 0 aliphatic carbocycles. The molecule has 6 nitrogen and oxygen atoms in total. The standard InChI is InChI=1S/C18H25N5OS/c1-14(20-18(24)16-13-25-17(11-19)21-16)12-22-7-9-23(10-8-22)15-5-3-2-4-6-15/h2-6,13-14H,7-12,19H2,1H3,(H,20,24). The molecule has 7 heteroatoms. The molecule has 134 valence electrons. The van der Waals surface area contributed by atoms with Gasteiger partial charge in [0.25, 0.3) is 5.91 Å². The Hall–Kier alpha value is -1.96. The molecular formula is C18H25N5OS. The summed E-state index contributed by atoms with van der Waals surface area (Å²) in [4.78, 5) is 21.3. The van der Waals surface area contributed by atoms with E-state index in [-0.39, 0.29) is 11.9 Å². The lowest BCUT2D eigenvalue weighted by Crippen LogP contribution is -2.50. The molecule has 0 saturated carbocycles. The molecule has 2 heterocycles. The molecule has 3 rings (SSSR count). The Morgan fingerprint density at radius 1 is 1.28 bits per heavy atom. The summed E-state index contributed by atoms with van der Waals surface area (Å²) in [6.07, 6.45) is 0. The van der Waals surface area contributed by atoms with Crippen molar-refractivity contribution in [1.29, 1.82) is 0 Å². The number of hydrogen-bond acceptors (Lipinski definition) is 6. The van der Waals surface area contributed by atoms with Gasteiger partial charge in [-0.25, -0.2) is 4.98 Å². The number of nitrogens with one attached hydrogen (secondary N) is 1. The lowest BCUT2D eigenvalue weighted by molar-refractivity contribution is 0.0923. The predicted octanol–water partition coefficient (Wildman–Crippen LogP) is 1.54. The third kappa shape index (κ3) is 4.78. The van der Waals surface area contributed by atoms with Crippen molar-refractivity contribution in [2.45, 2.75) is 19.5 Å².